The average Bonchev–Trinajstić information content (AvgIpc) is 2.36. The van der Waals surface area contributed by atoms with E-state index in [-0.39, 0.29) is 37.2 Å². The third kappa shape index (κ3) is 4.77. The van der Waals surface area contributed by atoms with Crippen LogP contribution in [-0.4, -0.2) is 11.0 Å². The van der Waals surface area contributed by atoms with Gasteiger partial charge in [0.05, 0.1) is 6.54 Å². The summed E-state index contributed by atoms with van der Waals surface area (Å²) in [4.78, 5) is 12.0. The molecule has 2 rings (SSSR count). The Morgan fingerprint density at radius 1 is 1.19 bits per heavy atom. The molecule has 21 heavy (non-hydrogen) atoms. The van der Waals surface area contributed by atoms with Crippen molar-refractivity contribution in [3.63, 3.8) is 0 Å². The third-order valence-electron chi connectivity index (χ3n) is 2.56. The van der Waals surface area contributed by atoms with Crippen LogP contribution in [0.25, 0.3) is 11.3 Å². The Bertz CT molecular complexity index is 706. The summed E-state index contributed by atoms with van der Waals surface area (Å²) in [5.74, 6) is 0. The predicted octanol–water partition coefficient (Wildman–Crippen LogP) is 4.87. The number of pyridine rings is 1. The van der Waals surface area contributed by atoms with E-state index in [1.807, 2.05) is 0 Å². The zero-order valence-electron chi connectivity index (χ0n) is 10.4. The second-order valence-corrected chi connectivity index (χ2v) is 6.54. The number of halogens is 5. The fourth-order valence-corrected chi connectivity index (χ4v) is 3.28. The Hall–Kier alpha value is 0.574. The van der Waals surface area contributed by atoms with Gasteiger partial charge in [-0.1, -0.05) is 49.2 Å². The van der Waals surface area contributed by atoms with Gasteiger partial charge < -0.3 is 4.57 Å². The molecule has 0 saturated carbocycles. The van der Waals surface area contributed by atoms with E-state index in [0.717, 1.165) is 9.04 Å². The Kier molecular flexibility index (Phi) is 7.88. The van der Waals surface area contributed by atoms with E-state index in [2.05, 4.69) is 53.9 Å². The molecule has 2 nitrogen and oxygen atoms in total. The van der Waals surface area contributed by atoms with Crippen molar-refractivity contribution in [3.8, 4) is 11.3 Å². The number of rotatable bonds is 3. The molecule has 0 aliphatic heterocycles. The Labute approximate surface area is 170 Å². The number of benzene rings is 1. The molecule has 1 radical (unpaired) electrons. The molecular formula is C13H7Br3F2NOY-. The summed E-state index contributed by atoms with van der Waals surface area (Å²) in [6, 6.07) is 9.59. The Balaban J connectivity index is 0.00000220. The van der Waals surface area contributed by atoms with Gasteiger partial charge in [-0.05, 0) is 15.0 Å². The van der Waals surface area contributed by atoms with Crippen molar-refractivity contribution in [2.45, 2.75) is 13.0 Å². The Morgan fingerprint density at radius 2 is 1.86 bits per heavy atom. The van der Waals surface area contributed by atoms with Gasteiger partial charge in [-0.15, -0.1) is 22.0 Å². The molecule has 0 saturated heterocycles. The first-order chi connectivity index (χ1) is 9.40. The van der Waals surface area contributed by atoms with E-state index >= 15 is 0 Å². The van der Waals surface area contributed by atoms with Crippen LogP contribution in [0.4, 0.5) is 8.78 Å². The van der Waals surface area contributed by atoms with Gasteiger partial charge in [0.25, 0.3) is 6.43 Å². The number of aromatic nitrogens is 1. The molecule has 0 atom stereocenters. The minimum atomic E-state index is -2.62. The van der Waals surface area contributed by atoms with E-state index in [1.165, 1.54) is 6.07 Å². The van der Waals surface area contributed by atoms with Gasteiger partial charge >= 0.3 is 0 Å². The van der Waals surface area contributed by atoms with E-state index in [4.69, 9.17) is 0 Å². The number of nitrogens with zero attached hydrogens (tertiary/aromatic N) is 1. The van der Waals surface area contributed by atoms with E-state index in [0.29, 0.717) is 15.7 Å². The summed E-state index contributed by atoms with van der Waals surface area (Å²) in [5.41, 5.74) is 0.435. The van der Waals surface area contributed by atoms with Crippen molar-refractivity contribution < 1.29 is 41.5 Å². The van der Waals surface area contributed by atoms with E-state index in [1.54, 1.807) is 18.2 Å². The monoisotopic (exact) mass is 557 g/mol. The molecule has 0 aliphatic carbocycles. The van der Waals surface area contributed by atoms with Gasteiger partial charge in [-0.2, -0.15) is 12.1 Å². The van der Waals surface area contributed by atoms with Gasteiger partial charge in [0, 0.05) is 37.2 Å². The van der Waals surface area contributed by atoms with Crippen LogP contribution in [0.2, 0.25) is 0 Å². The van der Waals surface area contributed by atoms with Crippen LogP contribution in [0.1, 0.15) is 0 Å². The van der Waals surface area contributed by atoms with Gasteiger partial charge in [0.1, 0.15) is 0 Å². The standard InChI is InChI=1S/C13H7Br3F2NO.Y/c14-7-1-2-8(10(16)5-7)11-4-3-9(15)13(20)19(11)6-12(17)18;/h1-3,5,12H,6H2;/q-1;. The first-order valence-electron chi connectivity index (χ1n) is 5.44. The van der Waals surface area contributed by atoms with Crippen molar-refractivity contribution in [2.75, 3.05) is 0 Å². The zero-order valence-corrected chi connectivity index (χ0v) is 18.0. The normalized spacial score (nSPS) is 10.6. The third-order valence-corrected chi connectivity index (χ3v) is 4.28. The SMILES string of the molecule is O=c1c(Br)c[c-]c(-c2ccc(Br)cc2Br)n1CC(F)F.[Y]. The van der Waals surface area contributed by atoms with Crippen LogP contribution < -0.4 is 5.56 Å². The van der Waals surface area contributed by atoms with Crippen LogP contribution in [0, 0.1) is 6.07 Å². The van der Waals surface area contributed by atoms with Crippen molar-refractivity contribution in [3.05, 3.63) is 54.1 Å². The van der Waals surface area contributed by atoms with E-state index < -0.39 is 18.5 Å². The van der Waals surface area contributed by atoms with Crippen LogP contribution in [0.3, 0.4) is 0 Å². The molecule has 0 N–H and O–H groups in total. The van der Waals surface area contributed by atoms with Crippen LogP contribution >= 0.6 is 47.8 Å². The maximum Gasteiger partial charge on any atom is 0.256 e. The molecule has 8 heteroatoms. The van der Waals surface area contributed by atoms with Gasteiger partial charge in [0.15, 0.2) is 0 Å². The quantitative estimate of drug-likeness (QED) is 0.492. The van der Waals surface area contributed by atoms with Crippen molar-refractivity contribution in [1.82, 2.24) is 4.57 Å². The Morgan fingerprint density at radius 3 is 2.43 bits per heavy atom. The summed E-state index contributed by atoms with van der Waals surface area (Å²) in [6.07, 6.45) is -2.62. The summed E-state index contributed by atoms with van der Waals surface area (Å²) in [6.45, 7) is -0.674. The molecule has 1 heterocycles. The first-order valence-corrected chi connectivity index (χ1v) is 7.82. The van der Waals surface area contributed by atoms with E-state index in [9.17, 15) is 13.6 Å². The summed E-state index contributed by atoms with van der Waals surface area (Å²) < 4.78 is 28.1. The maximum atomic E-state index is 12.7. The summed E-state index contributed by atoms with van der Waals surface area (Å²) >= 11 is 9.72. The zero-order chi connectivity index (χ0) is 14.9. The molecule has 2 aromatic rings. The number of hydrogen-bond acceptors (Lipinski definition) is 1. The van der Waals surface area contributed by atoms with Crippen LogP contribution in [0.15, 0.2) is 42.5 Å². The van der Waals surface area contributed by atoms with Crippen LogP contribution in [-0.2, 0) is 39.3 Å². The molecule has 1 aromatic heterocycles. The van der Waals surface area contributed by atoms with Crippen molar-refractivity contribution >= 4 is 47.8 Å². The van der Waals surface area contributed by atoms with Gasteiger partial charge in [0.2, 0.25) is 5.56 Å². The molecule has 0 spiro atoms. The fourth-order valence-electron chi connectivity index (χ4n) is 1.72. The second kappa shape index (κ2) is 8.43. The average molecular weight is 560 g/mol. The van der Waals surface area contributed by atoms with Gasteiger partial charge in [-0.25, -0.2) is 8.78 Å². The fraction of sp³-hybridized carbons (Fsp3) is 0.154. The van der Waals surface area contributed by atoms with Crippen LogP contribution in [0.5, 0.6) is 0 Å². The number of alkyl halides is 2. The molecular weight excluding hydrogens is 553 g/mol. The van der Waals surface area contributed by atoms with Gasteiger partial charge in [-0.3, -0.25) is 4.79 Å². The first kappa shape index (κ1) is 19.6. The molecule has 109 valence electrons. The molecule has 0 aliphatic rings. The smallest absolute Gasteiger partial charge is 0.256 e. The van der Waals surface area contributed by atoms with Crippen molar-refractivity contribution in [1.29, 1.82) is 0 Å². The largest absolute Gasteiger partial charge is 0.336 e. The minimum Gasteiger partial charge on any atom is -0.336 e. The number of hydrogen-bond donors (Lipinski definition) is 0. The second-order valence-electron chi connectivity index (χ2n) is 3.92. The molecule has 0 unspecified atom stereocenters. The summed E-state index contributed by atoms with van der Waals surface area (Å²) in [5, 5.41) is 0. The van der Waals surface area contributed by atoms with Crippen molar-refractivity contribution in [2.24, 2.45) is 0 Å². The molecule has 0 bridgehead atoms. The summed E-state index contributed by atoms with van der Waals surface area (Å²) in [7, 11) is 0. The topological polar surface area (TPSA) is 22.0 Å². The predicted molar refractivity (Wildman–Crippen MR) is 84.1 cm³/mol. The molecule has 0 amide bonds. The molecule has 1 aromatic carbocycles. The molecule has 0 fully saturated rings. The minimum absolute atomic E-state index is 0. The maximum absolute atomic E-state index is 12.7.